The van der Waals surface area contributed by atoms with Gasteiger partial charge in [0.2, 0.25) is 0 Å². The van der Waals surface area contributed by atoms with Crippen molar-refractivity contribution in [2.75, 3.05) is 4.90 Å². The lowest BCUT2D eigenvalue weighted by molar-refractivity contribution is -0.132. The van der Waals surface area contributed by atoms with E-state index in [1.807, 2.05) is 60.7 Å². The summed E-state index contributed by atoms with van der Waals surface area (Å²) in [5.74, 6) is -1.24. The molecule has 0 saturated heterocycles. The molecule has 5 heteroatoms. The van der Waals surface area contributed by atoms with E-state index in [2.05, 4.69) is 108 Å². The molecule has 6 aromatic rings. The van der Waals surface area contributed by atoms with Crippen LogP contribution in [-0.2, 0) is 11.4 Å². The number of nitrogens with zero attached hydrogens (tertiary/aromatic N) is 2. The fourth-order valence-corrected chi connectivity index (χ4v) is 5.59. The molecule has 0 spiro atoms. The van der Waals surface area contributed by atoms with Crippen molar-refractivity contribution in [1.29, 1.82) is 5.26 Å². The van der Waals surface area contributed by atoms with Crippen LogP contribution in [0.25, 0.3) is 29.9 Å². The molecule has 0 aliphatic rings. The van der Waals surface area contributed by atoms with E-state index in [1.54, 1.807) is 18.2 Å². The summed E-state index contributed by atoms with van der Waals surface area (Å²) in [7, 11) is 0. The van der Waals surface area contributed by atoms with Gasteiger partial charge in [-0.2, -0.15) is 5.26 Å². The molecular weight excluding hydrogens is 617 g/mol. The van der Waals surface area contributed by atoms with E-state index < -0.39 is 5.97 Å². The number of aliphatic hydroxyl groups excluding tert-OH is 1. The second-order valence-corrected chi connectivity index (χ2v) is 11.6. The first-order valence-electron chi connectivity index (χ1n) is 16.2. The fraction of sp³-hybridized carbons (Fsp3) is 0.0222. The SMILES string of the molecule is N#C/C(=C\c1ccc(/C=C/c2ccc(N(c3ccc(C=C(c4ccccc4)c4ccccc4)cc3)c3ccc(CO)cc3)cc2)cc1)C(=O)O. The molecule has 0 aromatic heterocycles. The van der Waals surface area contributed by atoms with Gasteiger partial charge in [0.05, 0.1) is 6.61 Å². The highest BCUT2D eigenvalue weighted by atomic mass is 16.4. The molecule has 0 saturated carbocycles. The van der Waals surface area contributed by atoms with E-state index in [-0.39, 0.29) is 12.2 Å². The molecule has 5 nitrogen and oxygen atoms in total. The Bertz CT molecular complexity index is 2140. The van der Waals surface area contributed by atoms with Crippen molar-refractivity contribution < 1.29 is 15.0 Å². The van der Waals surface area contributed by atoms with E-state index in [0.717, 1.165) is 56.0 Å². The smallest absolute Gasteiger partial charge is 0.346 e. The van der Waals surface area contributed by atoms with Crippen LogP contribution in [0.4, 0.5) is 17.1 Å². The average Bonchev–Trinajstić information content (AvgIpc) is 3.17. The normalized spacial score (nSPS) is 11.2. The number of hydrogen-bond acceptors (Lipinski definition) is 4. The second kappa shape index (κ2) is 15.9. The van der Waals surface area contributed by atoms with E-state index in [4.69, 9.17) is 10.4 Å². The van der Waals surface area contributed by atoms with Crippen LogP contribution in [0.5, 0.6) is 0 Å². The summed E-state index contributed by atoms with van der Waals surface area (Å²) < 4.78 is 0. The molecule has 0 fully saturated rings. The number of carbonyl (C=O) groups is 1. The van der Waals surface area contributed by atoms with Crippen molar-refractivity contribution in [2.45, 2.75) is 6.61 Å². The Morgan fingerprint density at radius 2 is 0.960 bits per heavy atom. The summed E-state index contributed by atoms with van der Waals surface area (Å²) >= 11 is 0. The first-order chi connectivity index (χ1) is 24.5. The zero-order chi connectivity index (χ0) is 34.7. The molecule has 0 aliphatic heterocycles. The predicted octanol–water partition coefficient (Wildman–Crippen LogP) is 10.4. The van der Waals surface area contributed by atoms with Crippen LogP contribution in [0.2, 0.25) is 0 Å². The number of benzene rings is 6. The number of carboxylic acids is 1. The third kappa shape index (κ3) is 8.21. The summed E-state index contributed by atoms with van der Waals surface area (Å²) in [6.07, 6.45) is 7.58. The molecule has 0 bridgehead atoms. The fourth-order valence-electron chi connectivity index (χ4n) is 5.59. The van der Waals surface area contributed by atoms with Crippen LogP contribution in [-0.4, -0.2) is 16.2 Å². The Labute approximate surface area is 292 Å². The zero-order valence-electron chi connectivity index (χ0n) is 27.2. The summed E-state index contributed by atoms with van der Waals surface area (Å²) in [6.45, 7) is -0.0177. The lowest BCUT2D eigenvalue weighted by atomic mass is 9.95. The minimum absolute atomic E-state index is 0.0177. The molecule has 0 aliphatic carbocycles. The van der Waals surface area contributed by atoms with Crippen molar-refractivity contribution in [3.05, 3.63) is 202 Å². The van der Waals surface area contributed by atoms with Crippen LogP contribution >= 0.6 is 0 Å². The predicted molar refractivity (Wildman–Crippen MR) is 204 cm³/mol. The molecule has 0 amide bonds. The molecule has 0 unspecified atom stereocenters. The van der Waals surface area contributed by atoms with Gasteiger partial charge in [0, 0.05) is 17.1 Å². The van der Waals surface area contributed by atoms with Gasteiger partial charge in [-0.25, -0.2) is 4.79 Å². The number of carboxylic acid groups (broad SMARTS) is 1. The number of hydrogen-bond donors (Lipinski definition) is 2. The molecule has 6 aromatic carbocycles. The summed E-state index contributed by atoms with van der Waals surface area (Å²) in [4.78, 5) is 13.3. The van der Waals surface area contributed by atoms with Crippen molar-refractivity contribution in [3.63, 3.8) is 0 Å². The molecule has 0 radical (unpaired) electrons. The standard InChI is InChI=1S/C45H34N2O3/c46-31-40(45(49)50)29-35-15-13-33(14-16-35)11-12-34-17-23-41(24-18-34)47(43-27-21-37(32-48)22-28-43)42-25-19-36(20-26-42)30-44(38-7-3-1-4-8-38)39-9-5-2-6-10-39/h1-30,48H,32H2,(H,49,50)/b12-11+,40-29+. The van der Waals surface area contributed by atoms with Gasteiger partial charge >= 0.3 is 5.97 Å². The van der Waals surface area contributed by atoms with Crippen molar-refractivity contribution >= 4 is 52.9 Å². The van der Waals surface area contributed by atoms with E-state index >= 15 is 0 Å². The number of aliphatic hydroxyl groups is 1. The number of aliphatic carboxylic acids is 1. The van der Waals surface area contributed by atoms with E-state index in [1.165, 1.54) is 6.08 Å². The van der Waals surface area contributed by atoms with Gasteiger partial charge in [-0.05, 0) is 93.1 Å². The van der Waals surface area contributed by atoms with Gasteiger partial charge in [0.25, 0.3) is 0 Å². The minimum Gasteiger partial charge on any atom is -0.477 e. The van der Waals surface area contributed by atoms with Crippen LogP contribution in [0.1, 0.15) is 38.9 Å². The second-order valence-electron chi connectivity index (χ2n) is 11.6. The van der Waals surface area contributed by atoms with Crippen molar-refractivity contribution in [2.24, 2.45) is 0 Å². The highest BCUT2D eigenvalue weighted by Gasteiger charge is 2.13. The first-order valence-corrected chi connectivity index (χ1v) is 16.2. The quantitative estimate of drug-likeness (QED) is 0.0828. The Hall–Kier alpha value is -6.74. The van der Waals surface area contributed by atoms with E-state index in [0.29, 0.717) is 5.56 Å². The maximum atomic E-state index is 11.1. The Balaban J connectivity index is 1.27. The monoisotopic (exact) mass is 650 g/mol. The molecule has 2 N–H and O–H groups in total. The third-order valence-electron chi connectivity index (χ3n) is 8.23. The van der Waals surface area contributed by atoms with Crippen LogP contribution < -0.4 is 4.90 Å². The Morgan fingerprint density at radius 3 is 1.40 bits per heavy atom. The van der Waals surface area contributed by atoms with Gasteiger partial charge in [-0.1, -0.05) is 133 Å². The third-order valence-corrected chi connectivity index (χ3v) is 8.23. The molecule has 242 valence electrons. The summed E-state index contributed by atoms with van der Waals surface area (Å²) in [5, 5.41) is 27.8. The lowest BCUT2D eigenvalue weighted by Gasteiger charge is -2.26. The minimum atomic E-state index is -1.24. The van der Waals surface area contributed by atoms with Crippen LogP contribution in [0.3, 0.4) is 0 Å². The van der Waals surface area contributed by atoms with Gasteiger partial charge in [0.1, 0.15) is 11.6 Å². The number of nitriles is 1. The average molecular weight is 651 g/mol. The molecule has 50 heavy (non-hydrogen) atoms. The molecular formula is C45H34N2O3. The molecule has 0 heterocycles. The highest BCUT2D eigenvalue weighted by Crippen LogP contribution is 2.36. The van der Waals surface area contributed by atoms with E-state index in [9.17, 15) is 9.90 Å². The Morgan fingerprint density at radius 1 is 0.560 bits per heavy atom. The van der Waals surface area contributed by atoms with Gasteiger partial charge in [-0.3, -0.25) is 0 Å². The van der Waals surface area contributed by atoms with Gasteiger partial charge in [-0.15, -0.1) is 0 Å². The molecule has 6 rings (SSSR count). The van der Waals surface area contributed by atoms with Crippen molar-refractivity contribution in [1.82, 2.24) is 0 Å². The lowest BCUT2D eigenvalue weighted by Crippen LogP contribution is -2.10. The van der Waals surface area contributed by atoms with Crippen molar-refractivity contribution in [3.8, 4) is 6.07 Å². The highest BCUT2D eigenvalue weighted by molar-refractivity contribution is 5.96. The zero-order valence-corrected chi connectivity index (χ0v) is 27.2. The topological polar surface area (TPSA) is 84.6 Å². The van der Waals surface area contributed by atoms with Crippen LogP contribution in [0.15, 0.2) is 163 Å². The first kappa shape index (κ1) is 33.2. The maximum absolute atomic E-state index is 11.1. The summed E-state index contributed by atoms with van der Waals surface area (Å²) in [5.41, 5.74) is 10.7. The van der Waals surface area contributed by atoms with Gasteiger partial charge in [0.15, 0.2) is 0 Å². The molecule has 0 atom stereocenters. The number of rotatable bonds is 11. The number of anilines is 3. The largest absolute Gasteiger partial charge is 0.477 e. The Kier molecular flexibility index (Phi) is 10.6. The maximum Gasteiger partial charge on any atom is 0.346 e. The van der Waals surface area contributed by atoms with Crippen LogP contribution in [0, 0.1) is 11.3 Å². The van der Waals surface area contributed by atoms with Gasteiger partial charge < -0.3 is 15.1 Å². The summed E-state index contributed by atoms with van der Waals surface area (Å²) in [6, 6.07) is 54.6.